The molecule has 1 aromatic rings. The van der Waals surface area contributed by atoms with Crippen molar-refractivity contribution < 1.29 is 19.0 Å². The molecule has 1 aliphatic rings. The average molecular weight is 313 g/mol. The van der Waals surface area contributed by atoms with E-state index in [2.05, 4.69) is 0 Å². The smallest absolute Gasteiger partial charge is 0.305 e. The van der Waals surface area contributed by atoms with E-state index in [1.165, 1.54) is 0 Å². The van der Waals surface area contributed by atoms with Crippen molar-refractivity contribution in [2.24, 2.45) is 0 Å². The highest BCUT2D eigenvalue weighted by molar-refractivity contribution is 6.18. The Labute approximate surface area is 130 Å². The number of aryl methyl sites for hydroxylation is 1. The number of esters is 1. The van der Waals surface area contributed by atoms with Crippen molar-refractivity contribution in [3.05, 3.63) is 35.4 Å². The minimum atomic E-state index is -0.947. The summed E-state index contributed by atoms with van der Waals surface area (Å²) in [7, 11) is 0. The van der Waals surface area contributed by atoms with E-state index in [1.54, 1.807) is 0 Å². The molecular formula is C16H21ClO4. The predicted molar refractivity (Wildman–Crippen MR) is 80.3 cm³/mol. The first-order chi connectivity index (χ1) is 10.1. The highest BCUT2D eigenvalue weighted by Gasteiger charge is 2.43. The van der Waals surface area contributed by atoms with E-state index in [-0.39, 0.29) is 24.6 Å². The largest absolute Gasteiger partial charge is 0.463 e. The van der Waals surface area contributed by atoms with Crippen molar-refractivity contribution in [2.75, 3.05) is 19.1 Å². The molecule has 0 aromatic heterocycles. The van der Waals surface area contributed by atoms with Gasteiger partial charge in [-0.2, -0.15) is 0 Å². The van der Waals surface area contributed by atoms with Gasteiger partial charge in [0.25, 0.3) is 0 Å². The Balaban J connectivity index is 1.97. The van der Waals surface area contributed by atoms with Gasteiger partial charge < -0.3 is 14.2 Å². The van der Waals surface area contributed by atoms with Gasteiger partial charge in [0.15, 0.2) is 0 Å². The fourth-order valence-corrected chi connectivity index (χ4v) is 2.51. The van der Waals surface area contributed by atoms with E-state index in [0.29, 0.717) is 13.0 Å². The van der Waals surface area contributed by atoms with E-state index in [9.17, 15) is 4.79 Å². The van der Waals surface area contributed by atoms with Gasteiger partial charge in [0.05, 0.1) is 12.5 Å². The molecule has 0 aliphatic carbocycles. The third-order valence-corrected chi connectivity index (χ3v) is 3.76. The first kappa shape index (κ1) is 16.3. The molecular weight excluding hydrogens is 292 g/mol. The lowest BCUT2D eigenvalue weighted by Gasteiger charge is -2.26. The standard InChI is InChI=1S/C16H21ClO4/c1-3-4-15(18)19-9-14-10-20-16(11-17,21-14)13-7-5-12(2)6-8-13/h5-8,14H,3-4,9-11H2,1-2H3/t14-,16+/m1/s1. The zero-order valence-corrected chi connectivity index (χ0v) is 13.2. The van der Waals surface area contributed by atoms with Gasteiger partial charge in [0, 0.05) is 12.0 Å². The number of rotatable bonds is 6. The van der Waals surface area contributed by atoms with Crippen molar-refractivity contribution in [3.8, 4) is 0 Å². The summed E-state index contributed by atoms with van der Waals surface area (Å²) in [5, 5.41) is 0. The number of halogens is 1. The van der Waals surface area contributed by atoms with Crippen LogP contribution in [-0.2, 0) is 24.8 Å². The van der Waals surface area contributed by atoms with Gasteiger partial charge >= 0.3 is 5.97 Å². The summed E-state index contributed by atoms with van der Waals surface area (Å²) in [4.78, 5) is 11.4. The van der Waals surface area contributed by atoms with Crippen molar-refractivity contribution in [1.82, 2.24) is 0 Å². The molecule has 0 spiro atoms. The predicted octanol–water partition coefficient (Wildman–Crippen LogP) is 3.15. The van der Waals surface area contributed by atoms with Crippen LogP contribution in [0, 0.1) is 6.92 Å². The first-order valence-corrected chi connectivity index (χ1v) is 7.73. The molecule has 1 heterocycles. The number of benzene rings is 1. The molecule has 2 atom stereocenters. The van der Waals surface area contributed by atoms with Crippen LogP contribution in [0.1, 0.15) is 30.9 Å². The Morgan fingerprint density at radius 2 is 2.14 bits per heavy atom. The summed E-state index contributed by atoms with van der Waals surface area (Å²) in [6.07, 6.45) is 0.910. The molecule has 2 rings (SSSR count). The lowest BCUT2D eigenvalue weighted by molar-refractivity contribution is -0.169. The molecule has 0 unspecified atom stereocenters. The second-order valence-electron chi connectivity index (χ2n) is 5.24. The van der Waals surface area contributed by atoms with Crippen LogP contribution in [0.3, 0.4) is 0 Å². The number of alkyl halides is 1. The Bertz CT molecular complexity index is 474. The van der Waals surface area contributed by atoms with Gasteiger partial charge in [-0.3, -0.25) is 4.79 Å². The average Bonchev–Trinajstić information content (AvgIpc) is 2.91. The summed E-state index contributed by atoms with van der Waals surface area (Å²) >= 11 is 6.06. The van der Waals surface area contributed by atoms with Crippen molar-refractivity contribution in [3.63, 3.8) is 0 Å². The molecule has 5 heteroatoms. The van der Waals surface area contributed by atoms with E-state index < -0.39 is 5.79 Å². The molecule has 1 aromatic carbocycles. The number of carbonyl (C=O) groups is 1. The van der Waals surface area contributed by atoms with Crippen LogP contribution in [0.5, 0.6) is 0 Å². The molecule has 0 amide bonds. The van der Waals surface area contributed by atoms with Crippen molar-refractivity contribution in [1.29, 1.82) is 0 Å². The second kappa shape index (κ2) is 7.25. The second-order valence-corrected chi connectivity index (χ2v) is 5.50. The van der Waals surface area contributed by atoms with Crippen LogP contribution in [0.4, 0.5) is 0 Å². The lowest BCUT2D eigenvalue weighted by atomic mass is 10.1. The molecule has 21 heavy (non-hydrogen) atoms. The fraction of sp³-hybridized carbons (Fsp3) is 0.562. The summed E-state index contributed by atoms with van der Waals surface area (Å²) in [5.41, 5.74) is 2.04. The molecule has 0 radical (unpaired) electrons. The fourth-order valence-electron chi connectivity index (χ4n) is 2.22. The van der Waals surface area contributed by atoms with Gasteiger partial charge in [-0.1, -0.05) is 36.8 Å². The van der Waals surface area contributed by atoms with Gasteiger partial charge in [0.2, 0.25) is 5.79 Å². The van der Waals surface area contributed by atoms with Gasteiger partial charge in [-0.05, 0) is 13.3 Å². The number of hydrogen-bond donors (Lipinski definition) is 0. The number of carbonyl (C=O) groups excluding carboxylic acids is 1. The third kappa shape index (κ3) is 3.96. The summed E-state index contributed by atoms with van der Waals surface area (Å²) < 4.78 is 16.9. The maximum absolute atomic E-state index is 11.4. The minimum Gasteiger partial charge on any atom is -0.463 e. The topological polar surface area (TPSA) is 44.8 Å². The van der Waals surface area contributed by atoms with Gasteiger partial charge in [-0.25, -0.2) is 0 Å². The Morgan fingerprint density at radius 1 is 1.43 bits per heavy atom. The first-order valence-electron chi connectivity index (χ1n) is 7.20. The van der Waals surface area contributed by atoms with E-state index >= 15 is 0 Å². The molecule has 1 fully saturated rings. The molecule has 0 saturated carbocycles. The van der Waals surface area contributed by atoms with Gasteiger partial charge in [-0.15, -0.1) is 11.6 Å². The van der Waals surface area contributed by atoms with Crippen LogP contribution in [0.2, 0.25) is 0 Å². The zero-order chi connectivity index (χ0) is 15.3. The number of ether oxygens (including phenoxy) is 3. The molecule has 0 N–H and O–H groups in total. The van der Waals surface area contributed by atoms with E-state index in [4.69, 9.17) is 25.8 Å². The molecule has 116 valence electrons. The quantitative estimate of drug-likeness (QED) is 0.598. The summed E-state index contributed by atoms with van der Waals surface area (Å²) in [5.74, 6) is -0.966. The van der Waals surface area contributed by atoms with E-state index in [0.717, 1.165) is 17.5 Å². The van der Waals surface area contributed by atoms with Crippen LogP contribution in [0.15, 0.2) is 24.3 Å². The number of hydrogen-bond acceptors (Lipinski definition) is 4. The van der Waals surface area contributed by atoms with Gasteiger partial charge in [0.1, 0.15) is 12.7 Å². The summed E-state index contributed by atoms with van der Waals surface area (Å²) in [6.45, 7) is 4.51. The van der Waals surface area contributed by atoms with Crippen LogP contribution in [0.25, 0.3) is 0 Å². The molecule has 1 saturated heterocycles. The normalized spacial score (nSPS) is 25.0. The lowest BCUT2D eigenvalue weighted by Crippen LogP contribution is -2.31. The molecule has 1 aliphatic heterocycles. The van der Waals surface area contributed by atoms with Crippen molar-refractivity contribution in [2.45, 2.75) is 38.6 Å². The maximum Gasteiger partial charge on any atom is 0.305 e. The third-order valence-electron chi connectivity index (χ3n) is 3.41. The van der Waals surface area contributed by atoms with Crippen molar-refractivity contribution >= 4 is 17.6 Å². The van der Waals surface area contributed by atoms with Crippen LogP contribution < -0.4 is 0 Å². The maximum atomic E-state index is 11.4. The molecule has 4 nitrogen and oxygen atoms in total. The zero-order valence-electron chi connectivity index (χ0n) is 12.4. The Hall–Kier alpha value is -1.10. The van der Waals surface area contributed by atoms with E-state index in [1.807, 2.05) is 38.1 Å². The molecule has 0 bridgehead atoms. The van der Waals surface area contributed by atoms with Crippen LogP contribution >= 0.6 is 11.6 Å². The monoisotopic (exact) mass is 312 g/mol. The highest BCUT2D eigenvalue weighted by Crippen LogP contribution is 2.35. The Kier molecular flexibility index (Phi) is 5.62. The van der Waals surface area contributed by atoms with Crippen LogP contribution in [-0.4, -0.2) is 31.2 Å². The Morgan fingerprint density at radius 3 is 2.76 bits per heavy atom. The minimum absolute atomic E-state index is 0.190. The SMILES string of the molecule is CCCC(=O)OC[C@@H]1CO[C@](CCl)(c2ccc(C)cc2)O1. The highest BCUT2D eigenvalue weighted by atomic mass is 35.5. The summed E-state index contributed by atoms with van der Waals surface area (Å²) in [6, 6.07) is 7.88.